The van der Waals surface area contributed by atoms with E-state index in [1.54, 1.807) is 0 Å². The molecule has 0 saturated carbocycles. The van der Waals surface area contributed by atoms with Gasteiger partial charge in [0.1, 0.15) is 0 Å². The van der Waals surface area contributed by atoms with E-state index in [1.165, 1.54) is 11.1 Å². The lowest BCUT2D eigenvalue weighted by atomic mass is 9.95. The van der Waals surface area contributed by atoms with Crippen LogP contribution in [0.4, 0.5) is 0 Å². The highest BCUT2D eigenvalue weighted by Gasteiger charge is 2.23. The maximum Gasteiger partial charge on any atom is 0.217 e. The van der Waals surface area contributed by atoms with Crippen LogP contribution < -0.4 is 11.1 Å². The Balaban J connectivity index is 2.04. The highest BCUT2D eigenvalue weighted by Crippen LogP contribution is 2.19. The summed E-state index contributed by atoms with van der Waals surface area (Å²) in [5.74, 6) is 1.05. The third-order valence-corrected chi connectivity index (χ3v) is 5.35. The number of nitrogens with zero attached hydrogens (tertiary/aromatic N) is 3. The van der Waals surface area contributed by atoms with Crippen molar-refractivity contribution in [2.75, 3.05) is 32.7 Å². The minimum Gasteiger partial charge on any atom is -0.370 e. The highest BCUT2D eigenvalue weighted by atomic mass is 16.1. The molecule has 1 aliphatic heterocycles. The van der Waals surface area contributed by atoms with Crippen molar-refractivity contribution >= 4 is 11.9 Å². The number of nitrogens with two attached hydrogens (primary N) is 1. The fourth-order valence-corrected chi connectivity index (χ4v) is 3.83. The molecule has 1 aromatic rings. The zero-order valence-electron chi connectivity index (χ0n) is 17.8. The molecule has 3 N–H and O–H groups in total. The van der Waals surface area contributed by atoms with E-state index in [2.05, 4.69) is 60.2 Å². The van der Waals surface area contributed by atoms with Crippen LogP contribution in [0.3, 0.4) is 0 Å². The number of hydrogen-bond acceptors (Lipinski definition) is 3. The first-order valence-electron chi connectivity index (χ1n) is 10.7. The summed E-state index contributed by atoms with van der Waals surface area (Å²) in [6, 6.07) is 8.72. The van der Waals surface area contributed by atoms with E-state index in [-0.39, 0.29) is 5.91 Å². The molecule has 0 spiro atoms. The van der Waals surface area contributed by atoms with Crippen LogP contribution in [0.2, 0.25) is 0 Å². The zero-order valence-corrected chi connectivity index (χ0v) is 17.8. The quantitative estimate of drug-likeness (QED) is 0.504. The number of likely N-dealkylation sites (tertiary alicyclic amines) is 1. The molecule has 2 rings (SSSR count). The molecule has 156 valence electrons. The van der Waals surface area contributed by atoms with Crippen LogP contribution in [-0.4, -0.2) is 54.4 Å². The second-order valence-electron chi connectivity index (χ2n) is 7.58. The molecule has 1 heterocycles. The Bertz CT molecular complexity index is 642. The van der Waals surface area contributed by atoms with E-state index in [0.717, 1.165) is 58.1 Å². The van der Waals surface area contributed by atoms with Crippen LogP contribution in [0.1, 0.15) is 51.2 Å². The number of rotatable bonds is 9. The third kappa shape index (κ3) is 7.15. The third-order valence-electron chi connectivity index (χ3n) is 5.35. The first-order chi connectivity index (χ1) is 13.5. The summed E-state index contributed by atoms with van der Waals surface area (Å²) in [5.41, 5.74) is 7.96. The van der Waals surface area contributed by atoms with Crippen LogP contribution in [0.5, 0.6) is 0 Å². The molecular formula is C22H37N5O. The van der Waals surface area contributed by atoms with E-state index in [9.17, 15) is 4.79 Å². The van der Waals surface area contributed by atoms with E-state index < -0.39 is 0 Å². The first kappa shape index (κ1) is 22.2. The molecule has 28 heavy (non-hydrogen) atoms. The topological polar surface area (TPSA) is 74.0 Å². The first-order valence-corrected chi connectivity index (χ1v) is 10.7. The molecule has 0 radical (unpaired) electrons. The van der Waals surface area contributed by atoms with Gasteiger partial charge in [-0.2, -0.15) is 0 Å². The number of nitrogens with one attached hydrogen (secondary N) is 1. The zero-order chi connectivity index (χ0) is 20.4. The van der Waals surface area contributed by atoms with Crippen molar-refractivity contribution in [1.82, 2.24) is 15.1 Å². The van der Waals surface area contributed by atoms with Gasteiger partial charge in [-0.25, -0.2) is 4.99 Å². The van der Waals surface area contributed by atoms with Crippen molar-refractivity contribution in [2.45, 2.75) is 53.1 Å². The van der Waals surface area contributed by atoms with Gasteiger partial charge in [-0.3, -0.25) is 9.69 Å². The minimum absolute atomic E-state index is 0.209. The summed E-state index contributed by atoms with van der Waals surface area (Å²) in [4.78, 5) is 20.9. The van der Waals surface area contributed by atoms with E-state index >= 15 is 0 Å². The summed E-state index contributed by atoms with van der Waals surface area (Å²) in [5, 5.41) is 3.41. The van der Waals surface area contributed by atoms with Crippen LogP contribution >= 0.6 is 0 Å². The monoisotopic (exact) mass is 387 g/mol. The lowest BCUT2D eigenvalue weighted by Crippen LogP contribution is -2.47. The van der Waals surface area contributed by atoms with Crippen LogP contribution in [0.25, 0.3) is 0 Å². The second kappa shape index (κ2) is 11.7. The van der Waals surface area contributed by atoms with Gasteiger partial charge in [0.25, 0.3) is 0 Å². The van der Waals surface area contributed by atoms with Gasteiger partial charge in [-0.05, 0) is 49.9 Å². The Hall–Kier alpha value is -2.08. The molecule has 0 aromatic heterocycles. The summed E-state index contributed by atoms with van der Waals surface area (Å²) in [6.45, 7) is 12.9. The number of primary amides is 1. The molecule has 0 bridgehead atoms. The van der Waals surface area contributed by atoms with Crippen molar-refractivity contribution in [3.63, 3.8) is 0 Å². The van der Waals surface area contributed by atoms with Gasteiger partial charge in [0, 0.05) is 32.6 Å². The van der Waals surface area contributed by atoms with Gasteiger partial charge in [0.2, 0.25) is 5.91 Å². The van der Waals surface area contributed by atoms with Crippen molar-refractivity contribution < 1.29 is 4.79 Å². The molecule has 1 amide bonds. The standard InChI is InChI=1S/C22H37N5O/c1-4-24-22(27-12-8-11-20(17-27)14-21(23)28)25-15-18-9-7-10-19(13-18)16-26(5-2)6-3/h7,9-10,13,20H,4-6,8,11-12,14-17H2,1-3H3,(H2,23,28)(H,24,25). The summed E-state index contributed by atoms with van der Waals surface area (Å²) in [6.07, 6.45) is 2.59. The number of piperidine rings is 1. The molecule has 1 saturated heterocycles. The van der Waals surface area contributed by atoms with Gasteiger partial charge in [-0.15, -0.1) is 0 Å². The highest BCUT2D eigenvalue weighted by molar-refractivity contribution is 5.80. The average Bonchev–Trinajstić information content (AvgIpc) is 2.69. The van der Waals surface area contributed by atoms with Crippen molar-refractivity contribution in [3.8, 4) is 0 Å². The maximum absolute atomic E-state index is 11.3. The Kier molecular flexibility index (Phi) is 9.28. The smallest absolute Gasteiger partial charge is 0.217 e. The van der Waals surface area contributed by atoms with E-state index in [0.29, 0.717) is 18.9 Å². The number of hydrogen-bond donors (Lipinski definition) is 2. The molecule has 1 atom stereocenters. The number of carbonyl (C=O) groups excluding carboxylic acids is 1. The Morgan fingerprint density at radius 3 is 2.71 bits per heavy atom. The number of benzene rings is 1. The molecule has 1 aliphatic rings. The Morgan fingerprint density at radius 2 is 2.04 bits per heavy atom. The lowest BCUT2D eigenvalue weighted by Gasteiger charge is -2.34. The molecule has 1 aromatic carbocycles. The maximum atomic E-state index is 11.3. The molecule has 0 aliphatic carbocycles. The molecular weight excluding hydrogens is 350 g/mol. The summed E-state index contributed by atoms with van der Waals surface area (Å²) < 4.78 is 0. The normalized spacial score (nSPS) is 17.8. The van der Waals surface area contributed by atoms with Crippen molar-refractivity contribution in [2.24, 2.45) is 16.6 Å². The summed E-state index contributed by atoms with van der Waals surface area (Å²) >= 11 is 0. The number of amides is 1. The van der Waals surface area contributed by atoms with E-state index in [4.69, 9.17) is 10.7 Å². The predicted molar refractivity (Wildman–Crippen MR) is 116 cm³/mol. The minimum atomic E-state index is -0.209. The van der Waals surface area contributed by atoms with Crippen LogP contribution in [0, 0.1) is 5.92 Å². The lowest BCUT2D eigenvalue weighted by molar-refractivity contribution is -0.119. The fraction of sp³-hybridized carbons (Fsp3) is 0.636. The molecule has 6 nitrogen and oxygen atoms in total. The SMILES string of the molecule is CCNC(=NCc1cccc(CN(CC)CC)c1)N1CCCC(CC(N)=O)C1. The Labute approximate surface area is 170 Å². The number of guanidine groups is 1. The summed E-state index contributed by atoms with van der Waals surface area (Å²) in [7, 11) is 0. The average molecular weight is 388 g/mol. The van der Waals surface area contributed by atoms with Gasteiger partial charge in [0.15, 0.2) is 5.96 Å². The second-order valence-corrected chi connectivity index (χ2v) is 7.58. The Morgan fingerprint density at radius 1 is 1.29 bits per heavy atom. The van der Waals surface area contributed by atoms with Crippen LogP contribution in [0.15, 0.2) is 29.3 Å². The predicted octanol–water partition coefficient (Wildman–Crippen LogP) is 2.58. The van der Waals surface area contributed by atoms with Gasteiger partial charge in [0.05, 0.1) is 6.54 Å². The molecule has 1 fully saturated rings. The van der Waals surface area contributed by atoms with E-state index in [1.807, 2.05) is 0 Å². The number of aliphatic imine (C=N–C) groups is 1. The largest absolute Gasteiger partial charge is 0.370 e. The van der Waals surface area contributed by atoms with Gasteiger partial charge < -0.3 is 16.0 Å². The fourth-order valence-electron chi connectivity index (χ4n) is 3.83. The number of carbonyl (C=O) groups is 1. The van der Waals surface area contributed by atoms with Crippen LogP contribution in [-0.2, 0) is 17.9 Å². The van der Waals surface area contributed by atoms with Gasteiger partial charge >= 0.3 is 0 Å². The van der Waals surface area contributed by atoms with Crippen molar-refractivity contribution in [3.05, 3.63) is 35.4 Å². The molecule has 6 heteroatoms. The molecule has 1 unspecified atom stereocenters. The van der Waals surface area contributed by atoms with Crippen molar-refractivity contribution in [1.29, 1.82) is 0 Å². The van der Waals surface area contributed by atoms with Gasteiger partial charge in [-0.1, -0.05) is 38.1 Å².